The van der Waals surface area contributed by atoms with Crippen molar-refractivity contribution in [2.45, 2.75) is 174 Å². The molecule has 0 unspecified atom stereocenters. The fourth-order valence-corrected chi connectivity index (χ4v) is 5.60. The fraction of sp³-hybridized carbons (Fsp3) is 0.756. The van der Waals surface area contributed by atoms with Crippen LogP contribution in [0.15, 0.2) is 42.5 Å². The summed E-state index contributed by atoms with van der Waals surface area (Å²) in [6, 6.07) is 6.47. The summed E-state index contributed by atoms with van der Waals surface area (Å²) in [7, 11) is 4.22. The van der Waals surface area contributed by atoms with E-state index < -0.39 is 0 Å². The molecule has 0 heterocycles. The van der Waals surface area contributed by atoms with Gasteiger partial charge in [-0.25, -0.2) is 0 Å². The first-order chi connectivity index (χ1) is 21.7. The Morgan fingerprint density at radius 2 is 0.864 bits per heavy atom. The highest BCUT2D eigenvalue weighted by Gasteiger charge is 2.08. The van der Waals surface area contributed by atoms with Crippen molar-refractivity contribution in [3.8, 4) is 11.5 Å². The van der Waals surface area contributed by atoms with Crippen LogP contribution >= 0.6 is 0 Å². The van der Waals surface area contributed by atoms with E-state index in [0.717, 1.165) is 44.1 Å². The number of hydrogen-bond acceptors (Lipinski definition) is 3. The smallest absolute Gasteiger partial charge is 0.161 e. The third-order valence-corrected chi connectivity index (χ3v) is 8.33. The van der Waals surface area contributed by atoms with Crippen LogP contribution in [0.4, 0.5) is 0 Å². The van der Waals surface area contributed by atoms with Crippen LogP contribution < -0.4 is 9.47 Å². The summed E-state index contributed by atoms with van der Waals surface area (Å²) < 4.78 is 12.5. The normalized spacial score (nSPS) is 11.8. The molecule has 254 valence electrons. The van der Waals surface area contributed by atoms with Crippen LogP contribution in [0.25, 0.3) is 0 Å². The van der Waals surface area contributed by atoms with Gasteiger partial charge in [-0.05, 0) is 96.0 Å². The van der Waals surface area contributed by atoms with E-state index in [0.29, 0.717) is 0 Å². The Bertz CT molecular complexity index is 800. The van der Waals surface area contributed by atoms with Crippen molar-refractivity contribution in [1.29, 1.82) is 0 Å². The SMILES string of the molecule is CCCCCCCC/C=C\CCCCCCOc1ccc(CN(C)C)cc1OCCCCCC/C=C/CCCCCCCC. The molecule has 0 atom stereocenters. The van der Waals surface area contributed by atoms with E-state index in [-0.39, 0.29) is 0 Å². The van der Waals surface area contributed by atoms with Crippen molar-refractivity contribution in [2.24, 2.45) is 0 Å². The molecule has 1 aromatic carbocycles. The minimum Gasteiger partial charge on any atom is -0.490 e. The fourth-order valence-electron chi connectivity index (χ4n) is 5.60. The lowest BCUT2D eigenvalue weighted by Gasteiger charge is -2.16. The molecule has 1 aromatic rings. The second kappa shape index (κ2) is 31.3. The minimum absolute atomic E-state index is 0.766. The van der Waals surface area contributed by atoms with Gasteiger partial charge in [-0.15, -0.1) is 0 Å². The predicted octanol–water partition coefficient (Wildman–Crippen LogP) is 13.0. The third kappa shape index (κ3) is 25.6. The van der Waals surface area contributed by atoms with Crippen LogP contribution in [0.2, 0.25) is 0 Å². The minimum atomic E-state index is 0.766. The van der Waals surface area contributed by atoms with Gasteiger partial charge in [0, 0.05) is 6.54 Å². The second-order valence-electron chi connectivity index (χ2n) is 13.2. The van der Waals surface area contributed by atoms with Crippen molar-refractivity contribution in [2.75, 3.05) is 27.3 Å². The molecule has 0 bridgehead atoms. The number of benzene rings is 1. The van der Waals surface area contributed by atoms with Gasteiger partial charge in [0.1, 0.15) is 0 Å². The highest BCUT2D eigenvalue weighted by atomic mass is 16.5. The van der Waals surface area contributed by atoms with Gasteiger partial charge in [-0.1, -0.05) is 134 Å². The van der Waals surface area contributed by atoms with Gasteiger partial charge in [0.25, 0.3) is 0 Å². The molecule has 3 nitrogen and oxygen atoms in total. The standard InChI is InChI=1S/C41H73NO2/c1-5-7-9-11-13-15-17-19-21-23-25-27-29-31-35-43-40-34-33-39(38-42(3)4)37-41(40)44-36-32-30-28-26-24-22-20-18-16-14-12-10-8-6-2/h19-22,33-34,37H,5-18,23-32,35-36,38H2,1-4H3/b21-19-,22-20+. The number of unbranched alkanes of at least 4 members (excludes halogenated alkanes) is 20. The summed E-state index contributed by atoms with van der Waals surface area (Å²) in [6.07, 6.45) is 41.0. The maximum atomic E-state index is 6.28. The zero-order valence-corrected chi connectivity index (χ0v) is 29.9. The molecule has 0 amide bonds. The zero-order valence-electron chi connectivity index (χ0n) is 29.9. The average molecular weight is 612 g/mol. The molecule has 0 aliphatic rings. The molecule has 0 aromatic heterocycles. The molecule has 0 N–H and O–H groups in total. The van der Waals surface area contributed by atoms with Crippen molar-refractivity contribution in [3.05, 3.63) is 48.1 Å². The van der Waals surface area contributed by atoms with Gasteiger partial charge in [0.05, 0.1) is 13.2 Å². The lowest BCUT2D eigenvalue weighted by molar-refractivity contribution is 0.258. The van der Waals surface area contributed by atoms with Crippen LogP contribution in [0, 0.1) is 0 Å². The van der Waals surface area contributed by atoms with Gasteiger partial charge in [0.2, 0.25) is 0 Å². The molecular formula is C41H73NO2. The number of ether oxygens (including phenoxy) is 2. The van der Waals surface area contributed by atoms with E-state index in [1.807, 2.05) is 0 Å². The maximum absolute atomic E-state index is 6.28. The van der Waals surface area contributed by atoms with E-state index in [4.69, 9.17) is 9.47 Å². The number of rotatable bonds is 32. The van der Waals surface area contributed by atoms with Crippen LogP contribution in [0.5, 0.6) is 11.5 Å². The van der Waals surface area contributed by atoms with Crippen LogP contribution in [-0.2, 0) is 6.54 Å². The molecule has 0 aliphatic carbocycles. The summed E-state index contributed by atoms with van der Waals surface area (Å²) in [4.78, 5) is 2.20. The Morgan fingerprint density at radius 1 is 0.477 bits per heavy atom. The van der Waals surface area contributed by atoms with Gasteiger partial charge in [0.15, 0.2) is 11.5 Å². The summed E-state index contributed by atoms with van der Waals surface area (Å²) in [6.45, 7) is 7.02. The lowest BCUT2D eigenvalue weighted by Crippen LogP contribution is -2.11. The summed E-state index contributed by atoms with van der Waals surface area (Å²) >= 11 is 0. The van der Waals surface area contributed by atoms with E-state index in [9.17, 15) is 0 Å². The Balaban J connectivity index is 2.18. The van der Waals surface area contributed by atoms with Gasteiger partial charge < -0.3 is 14.4 Å². The third-order valence-electron chi connectivity index (χ3n) is 8.33. The summed E-state index contributed by atoms with van der Waals surface area (Å²) in [5, 5.41) is 0. The summed E-state index contributed by atoms with van der Waals surface area (Å²) in [5.74, 6) is 1.82. The molecule has 0 spiro atoms. The predicted molar refractivity (Wildman–Crippen MR) is 195 cm³/mol. The average Bonchev–Trinajstić information content (AvgIpc) is 3.01. The van der Waals surface area contributed by atoms with E-state index in [1.54, 1.807) is 0 Å². The van der Waals surface area contributed by atoms with E-state index >= 15 is 0 Å². The highest BCUT2D eigenvalue weighted by Crippen LogP contribution is 2.29. The van der Waals surface area contributed by atoms with Crippen LogP contribution in [-0.4, -0.2) is 32.2 Å². The highest BCUT2D eigenvalue weighted by molar-refractivity contribution is 5.43. The van der Waals surface area contributed by atoms with Crippen molar-refractivity contribution in [3.63, 3.8) is 0 Å². The van der Waals surface area contributed by atoms with Gasteiger partial charge in [-0.3, -0.25) is 0 Å². The lowest BCUT2D eigenvalue weighted by atomic mass is 10.1. The Morgan fingerprint density at radius 3 is 1.30 bits per heavy atom. The summed E-state index contributed by atoms with van der Waals surface area (Å²) in [5.41, 5.74) is 1.27. The number of nitrogens with zero attached hydrogens (tertiary/aromatic N) is 1. The number of hydrogen-bond donors (Lipinski definition) is 0. The first-order valence-electron chi connectivity index (χ1n) is 19.0. The Kier molecular flexibility index (Phi) is 28.6. The maximum Gasteiger partial charge on any atom is 0.161 e. The molecule has 3 heteroatoms. The molecule has 44 heavy (non-hydrogen) atoms. The van der Waals surface area contributed by atoms with Crippen molar-refractivity contribution < 1.29 is 9.47 Å². The quantitative estimate of drug-likeness (QED) is 0.0597. The van der Waals surface area contributed by atoms with Crippen LogP contribution in [0.3, 0.4) is 0 Å². The largest absolute Gasteiger partial charge is 0.490 e. The van der Waals surface area contributed by atoms with E-state index in [2.05, 4.69) is 75.3 Å². The second-order valence-corrected chi connectivity index (χ2v) is 13.2. The molecule has 0 saturated heterocycles. The molecule has 0 radical (unpaired) electrons. The van der Waals surface area contributed by atoms with Crippen molar-refractivity contribution >= 4 is 0 Å². The molecule has 1 rings (SSSR count). The van der Waals surface area contributed by atoms with Gasteiger partial charge >= 0.3 is 0 Å². The number of allylic oxidation sites excluding steroid dienone is 4. The van der Waals surface area contributed by atoms with Crippen molar-refractivity contribution in [1.82, 2.24) is 4.90 Å². The Hall–Kier alpha value is -1.74. The van der Waals surface area contributed by atoms with Gasteiger partial charge in [-0.2, -0.15) is 0 Å². The first kappa shape index (κ1) is 40.3. The van der Waals surface area contributed by atoms with Crippen LogP contribution in [0.1, 0.15) is 174 Å². The topological polar surface area (TPSA) is 21.7 Å². The molecule has 0 fully saturated rings. The Labute approximate surface area is 275 Å². The molecule has 0 saturated carbocycles. The molecular weight excluding hydrogens is 538 g/mol. The zero-order chi connectivity index (χ0) is 31.8. The first-order valence-corrected chi connectivity index (χ1v) is 19.0. The monoisotopic (exact) mass is 612 g/mol. The molecule has 0 aliphatic heterocycles. The van der Waals surface area contributed by atoms with E-state index in [1.165, 1.54) is 147 Å².